The Labute approximate surface area is 126 Å². The van der Waals surface area contributed by atoms with Gasteiger partial charge < -0.3 is 10.6 Å². The minimum atomic E-state index is 0.0414. The number of anilines is 1. The van der Waals surface area contributed by atoms with Crippen LogP contribution in [0.15, 0.2) is 24.3 Å². The number of nitrogens with two attached hydrogens (primary N) is 1. The molecule has 2 atom stereocenters. The normalized spacial score (nSPS) is 30.3. The van der Waals surface area contributed by atoms with Crippen molar-refractivity contribution in [3.05, 3.63) is 29.8 Å². The van der Waals surface area contributed by atoms with Crippen molar-refractivity contribution < 1.29 is 4.79 Å². The average Bonchev–Trinajstić information content (AvgIpc) is 3.04. The van der Waals surface area contributed by atoms with E-state index in [0.29, 0.717) is 6.54 Å². The Balaban J connectivity index is 1.71. The molecule has 0 saturated carbocycles. The van der Waals surface area contributed by atoms with Crippen LogP contribution in [0.5, 0.6) is 0 Å². The fourth-order valence-corrected chi connectivity index (χ4v) is 3.48. The molecule has 21 heavy (non-hydrogen) atoms. The standard InChI is InChI=1S/C17H25N3O/c1-13-3-5-14(6-4-13)20-9-7-15(16(20)21)19-10-8-17(2,11-18)12-19/h3-6,15H,7-12,18H2,1-2H3. The Bertz CT molecular complexity index is 527. The predicted octanol–water partition coefficient (Wildman–Crippen LogP) is 1.77. The molecule has 114 valence electrons. The Morgan fingerprint density at radius 1 is 1.29 bits per heavy atom. The van der Waals surface area contributed by atoms with Crippen LogP contribution < -0.4 is 10.6 Å². The Kier molecular flexibility index (Phi) is 3.76. The fourth-order valence-electron chi connectivity index (χ4n) is 3.48. The highest BCUT2D eigenvalue weighted by Crippen LogP contribution is 2.33. The molecule has 0 aliphatic carbocycles. The summed E-state index contributed by atoms with van der Waals surface area (Å²) in [6, 6.07) is 8.27. The number of rotatable bonds is 3. The number of carbonyl (C=O) groups excluding carboxylic acids is 1. The first-order valence-electron chi connectivity index (χ1n) is 7.85. The van der Waals surface area contributed by atoms with Gasteiger partial charge in [-0.25, -0.2) is 0 Å². The molecule has 1 amide bonds. The van der Waals surface area contributed by atoms with Crippen molar-refractivity contribution in [2.75, 3.05) is 31.1 Å². The Morgan fingerprint density at radius 3 is 2.62 bits per heavy atom. The maximum absolute atomic E-state index is 12.7. The number of hydrogen-bond acceptors (Lipinski definition) is 3. The summed E-state index contributed by atoms with van der Waals surface area (Å²) in [7, 11) is 0. The maximum atomic E-state index is 12.7. The van der Waals surface area contributed by atoms with Crippen LogP contribution in [0, 0.1) is 12.3 Å². The smallest absolute Gasteiger partial charge is 0.244 e. The van der Waals surface area contributed by atoms with Crippen LogP contribution in [0.1, 0.15) is 25.3 Å². The highest BCUT2D eigenvalue weighted by atomic mass is 16.2. The molecule has 4 nitrogen and oxygen atoms in total. The quantitative estimate of drug-likeness (QED) is 0.922. The first-order valence-corrected chi connectivity index (χ1v) is 7.85. The fraction of sp³-hybridized carbons (Fsp3) is 0.588. The van der Waals surface area contributed by atoms with Gasteiger partial charge in [0.1, 0.15) is 0 Å². The van der Waals surface area contributed by atoms with Gasteiger partial charge in [0.25, 0.3) is 0 Å². The second-order valence-corrected chi connectivity index (χ2v) is 6.87. The van der Waals surface area contributed by atoms with E-state index < -0.39 is 0 Å². The molecule has 2 unspecified atom stereocenters. The second-order valence-electron chi connectivity index (χ2n) is 6.87. The number of amides is 1. The first kappa shape index (κ1) is 14.5. The van der Waals surface area contributed by atoms with E-state index in [0.717, 1.165) is 38.2 Å². The number of carbonyl (C=O) groups is 1. The summed E-state index contributed by atoms with van der Waals surface area (Å²) in [5.41, 5.74) is 8.30. The van der Waals surface area contributed by atoms with Crippen LogP contribution in [0.2, 0.25) is 0 Å². The second kappa shape index (κ2) is 5.43. The van der Waals surface area contributed by atoms with Crippen molar-refractivity contribution in [1.29, 1.82) is 0 Å². The minimum absolute atomic E-state index is 0.0414. The van der Waals surface area contributed by atoms with Gasteiger partial charge >= 0.3 is 0 Å². The lowest BCUT2D eigenvalue weighted by Gasteiger charge is -2.26. The van der Waals surface area contributed by atoms with Gasteiger partial charge in [0.2, 0.25) is 5.91 Å². The van der Waals surface area contributed by atoms with Gasteiger partial charge in [-0.1, -0.05) is 24.6 Å². The molecule has 2 heterocycles. The summed E-state index contributed by atoms with van der Waals surface area (Å²) < 4.78 is 0. The molecular formula is C17H25N3O. The Morgan fingerprint density at radius 2 is 2.00 bits per heavy atom. The topological polar surface area (TPSA) is 49.6 Å². The first-order chi connectivity index (χ1) is 10.0. The summed E-state index contributed by atoms with van der Waals surface area (Å²) in [5, 5.41) is 0. The van der Waals surface area contributed by atoms with Crippen molar-refractivity contribution in [3.63, 3.8) is 0 Å². The molecule has 2 saturated heterocycles. The van der Waals surface area contributed by atoms with Gasteiger partial charge in [-0.05, 0) is 50.4 Å². The van der Waals surface area contributed by atoms with Crippen LogP contribution >= 0.6 is 0 Å². The van der Waals surface area contributed by atoms with Gasteiger partial charge in [0, 0.05) is 18.8 Å². The van der Waals surface area contributed by atoms with Crippen LogP contribution in [0.25, 0.3) is 0 Å². The molecule has 1 aromatic rings. The molecule has 0 spiro atoms. The zero-order valence-electron chi connectivity index (χ0n) is 13.0. The SMILES string of the molecule is Cc1ccc(N2CCC(N3CCC(C)(CN)C3)C2=O)cc1. The third kappa shape index (κ3) is 2.70. The molecule has 0 bridgehead atoms. The summed E-state index contributed by atoms with van der Waals surface area (Å²) in [5.74, 6) is 0.250. The summed E-state index contributed by atoms with van der Waals surface area (Å²) >= 11 is 0. The number of hydrogen-bond donors (Lipinski definition) is 1. The third-order valence-electron chi connectivity index (χ3n) is 5.04. The maximum Gasteiger partial charge on any atom is 0.244 e. The van der Waals surface area contributed by atoms with Crippen LogP contribution in [0.3, 0.4) is 0 Å². The Hall–Kier alpha value is -1.39. The highest BCUT2D eigenvalue weighted by molar-refractivity contribution is 5.99. The summed E-state index contributed by atoms with van der Waals surface area (Å²) in [6.07, 6.45) is 2.02. The predicted molar refractivity (Wildman–Crippen MR) is 85.3 cm³/mol. The van der Waals surface area contributed by atoms with Gasteiger partial charge in [-0.3, -0.25) is 9.69 Å². The largest absolute Gasteiger partial charge is 0.330 e. The molecular weight excluding hydrogens is 262 g/mol. The van der Waals surface area contributed by atoms with Gasteiger partial charge in [0.15, 0.2) is 0 Å². The number of nitrogens with zero attached hydrogens (tertiary/aromatic N) is 2. The van der Waals surface area contributed by atoms with E-state index in [4.69, 9.17) is 5.73 Å². The zero-order valence-corrected chi connectivity index (χ0v) is 13.0. The van der Waals surface area contributed by atoms with Crippen LogP contribution in [0.4, 0.5) is 5.69 Å². The lowest BCUT2D eigenvalue weighted by atomic mass is 9.90. The van der Waals surface area contributed by atoms with Gasteiger partial charge in [-0.2, -0.15) is 0 Å². The van der Waals surface area contributed by atoms with Crippen molar-refractivity contribution in [2.45, 2.75) is 32.7 Å². The van der Waals surface area contributed by atoms with E-state index in [2.05, 4.69) is 30.9 Å². The van der Waals surface area contributed by atoms with Crippen molar-refractivity contribution >= 4 is 11.6 Å². The molecule has 2 aliphatic heterocycles. The molecule has 2 aliphatic rings. The molecule has 0 aromatic heterocycles. The van der Waals surface area contributed by atoms with E-state index in [9.17, 15) is 4.79 Å². The van der Waals surface area contributed by atoms with E-state index >= 15 is 0 Å². The molecule has 1 aromatic carbocycles. The lowest BCUT2D eigenvalue weighted by Crippen LogP contribution is -2.42. The van der Waals surface area contributed by atoms with E-state index in [1.165, 1.54) is 5.56 Å². The van der Waals surface area contributed by atoms with E-state index in [1.54, 1.807) is 0 Å². The monoisotopic (exact) mass is 287 g/mol. The minimum Gasteiger partial charge on any atom is -0.330 e. The number of benzene rings is 1. The highest BCUT2D eigenvalue weighted by Gasteiger charge is 2.42. The molecule has 3 rings (SSSR count). The van der Waals surface area contributed by atoms with E-state index in [1.807, 2.05) is 17.0 Å². The van der Waals surface area contributed by atoms with Crippen molar-refractivity contribution in [1.82, 2.24) is 4.90 Å². The summed E-state index contributed by atoms with van der Waals surface area (Å²) in [4.78, 5) is 17.0. The van der Waals surface area contributed by atoms with Crippen molar-refractivity contribution in [2.24, 2.45) is 11.1 Å². The molecule has 0 radical (unpaired) electrons. The molecule has 2 N–H and O–H groups in total. The third-order valence-corrected chi connectivity index (χ3v) is 5.04. The lowest BCUT2D eigenvalue weighted by molar-refractivity contribution is -0.121. The number of aryl methyl sites for hydroxylation is 1. The van der Waals surface area contributed by atoms with E-state index in [-0.39, 0.29) is 17.4 Å². The van der Waals surface area contributed by atoms with Crippen LogP contribution in [-0.4, -0.2) is 43.0 Å². The number of likely N-dealkylation sites (tertiary alicyclic amines) is 1. The molecule has 4 heteroatoms. The van der Waals surface area contributed by atoms with Gasteiger partial charge in [0.05, 0.1) is 6.04 Å². The van der Waals surface area contributed by atoms with Crippen LogP contribution in [-0.2, 0) is 4.79 Å². The average molecular weight is 287 g/mol. The molecule has 2 fully saturated rings. The zero-order chi connectivity index (χ0) is 15.0. The van der Waals surface area contributed by atoms with Gasteiger partial charge in [-0.15, -0.1) is 0 Å². The summed E-state index contributed by atoms with van der Waals surface area (Å²) in [6.45, 7) is 7.75. The van der Waals surface area contributed by atoms with Crippen molar-refractivity contribution in [3.8, 4) is 0 Å².